The molecule has 2 fully saturated rings. The van der Waals surface area contributed by atoms with Crippen LogP contribution in [0.15, 0.2) is 23.3 Å². The summed E-state index contributed by atoms with van der Waals surface area (Å²) in [5.41, 5.74) is 1.13. The molecule has 3 heterocycles. The first kappa shape index (κ1) is 16.5. The van der Waals surface area contributed by atoms with Gasteiger partial charge in [0.25, 0.3) is 0 Å². The zero-order chi connectivity index (χ0) is 17.0. The molecule has 2 aliphatic heterocycles. The van der Waals surface area contributed by atoms with Crippen LogP contribution in [0.25, 0.3) is 0 Å². The summed E-state index contributed by atoms with van der Waals surface area (Å²) in [4.78, 5) is 22.5. The number of pyridine rings is 1. The molecule has 1 unspecified atom stereocenters. The van der Waals surface area contributed by atoms with Crippen LogP contribution in [0.4, 0.5) is 0 Å². The minimum Gasteiger partial charge on any atom is -0.481 e. The number of ether oxygens (including phenoxy) is 1. The summed E-state index contributed by atoms with van der Waals surface area (Å²) in [7, 11) is 3.41. The summed E-state index contributed by atoms with van der Waals surface area (Å²) in [6.45, 7) is 3.27. The van der Waals surface area contributed by atoms with Crippen molar-refractivity contribution in [1.29, 1.82) is 0 Å². The van der Waals surface area contributed by atoms with E-state index in [0.717, 1.165) is 44.0 Å². The lowest BCUT2D eigenvalue weighted by Gasteiger charge is -2.40. The largest absolute Gasteiger partial charge is 0.481 e. The van der Waals surface area contributed by atoms with Crippen molar-refractivity contribution in [3.63, 3.8) is 0 Å². The van der Waals surface area contributed by atoms with Crippen LogP contribution in [-0.2, 0) is 11.3 Å². The minimum atomic E-state index is 0.0641. The lowest BCUT2D eigenvalue weighted by Crippen LogP contribution is -2.51. The molecular weight excluding hydrogens is 306 g/mol. The van der Waals surface area contributed by atoms with Gasteiger partial charge in [-0.15, -0.1) is 0 Å². The van der Waals surface area contributed by atoms with Crippen molar-refractivity contribution < 1.29 is 9.53 Å². The van der Waals surface area contributed by atoms with E-state index in [1.165, 1.54) is 0 Å². The second-order valence-corrected chi connectivity index (χ2v) is 6.59. The minimum absolute atomic E-state index is 0.0641. The third-order valence-electron chi connectivity index (χ3n) is 4.83. The van der Waals surface area contributed by atoms with E-state index in [-0.39, 0.29) is 11.3 Å². The van der Waals surface area contributed by atoms with Gasteiger partial charge in [0.05, 0.1) is 7.11 Å². The Bertz CT molecular complexity index is 616. The van der Waals surface area contributed by atoms with Crippen molar-refractivity contribution in [2.75, 3.05) is 33.8 Å². The van der Waals surface area contributed by atoms with E-state index in [4.69, 9.17) is 4.74 Å². The number of aromatic nitrogens is 1. The first-order valence-electron chi connectivity index (χ1n) is 8.35. The van der Waals surface area contributed by atoms with Gasteiger partial charge < -0.3 is 20.3 Å². The number of hydrogen-bond acceptors (Lipinski definition) is 4. The van der Waals surface area contributed by atoms with Crippen molar-refractivity contribution in [3.05, 3.63) is 23.9 Å². The molecule has 0 bridgehead atoms. The Morgan fingerprint density at radius 1 is 1.54 bits per heavy atom. The Balaban J connectivity index is 1.60. The van der Waals surface area contributed by atoms with E-state index in [0.29, 0.717) is 18.8 Å². The molecule has 1 amide bonds. The van der Waals surface area contributed by atoms with Crippen molar-refractivity contribution >= 4 is 11.9 Å². The van der Waals surface area contributed by atoms with E-state index < -0.39 is 0 Å². The van der Waals surface area contributed by atoms with Crippen molar-refractivity contribution in [2.45, 2.75) is 25.8 Å². The lowest BCUT2D eigenvalue weighted by atomic mass is 9.79. The maximum absolute atomic E-state index is 11.6. The Kier molecular flexibility index (Phi) is 4.87. The Morgan fingerprint density at radius 3 is 3.04 bits per heavy atom. The normalized spacial score (nSPS) is 24.2. The highest BCUT2D eigenvalue weighted by Crippen LogP contribution is 2.35. The molecule has 0 aliphatic carbocycles. The van der Waals surface area contributed by atoms with Gasteiger partial charge >= 0.3 is 0 Å². The molecule has 1 spiro atoms. The predicted molar refractivity (Wildman–Crippen MR) is 91.9 cm³/mol. The zero-order valence-corrected chi connectivity index (χ0v) is 14.3. The third kappa shape index (κ3) is 3.60. The van der Waals surface area contributed by atoms with Gasteiger partial charge in [-0.25, -0.2) is 4.98 Å². The van der Waals surface area contributed by atoms with Crippen LogP contribution in [0.3, 0.4) is 0 Å². The molecule has 1 aromatic heterocycles. The molecule has 1 atom stereocenters. The topological polar surface area (TPSA) is 78.9 Å². The standard InChI is InChI=1S/C17H25N5O2/c1-18-16(20-10-13-4-5-15(24-2)19-9-13)22-7-3-6-17(12-22)8-14(23)21-11-17/h4-5,9H,3,6-8,10-12H2,1-2H3,(H,18,20)(H,21,23). The van der Waals surface area contributed by atoms with E-state index >= 15 is 0 Å². The highest BCUT2D eigenvalue weighted by Gasteiger charge is 2.42. The molecule has 0 aromatic carbocycles. The first-order chi connectivity index (χ1) is 11.6. The van der Waals surface area contributed by atoms with Crippen molar-refractivity contribution in [3.8, 4) is 5.88 Å². The van der Waals surface area contributed by atoms with E-state index in [1.54, 1.807) is 20.4 Å². The van der Waals surface area contributed by atoms with Crippen LogP contribution in [0.1, 0.15) is 24.8 Å². The smallest absolute Gasteiger partial charge is 0.220 e. The summed E-state index contributed by atoms with van der Waals surface area (Å²) < 4.78 is 5.08. The number of likely N-dealkylation sites (tertiary alicyclic amines) is 1. The highest BCUT2D eigenvalue weighted by molar-refractivity contribution is 5.81. The molecule has 2 saturated heterocycles. The van der Waals surface area contributed by atoms with Crippen molar-refractivity contribution in [1.82, 2.24) is 20.5 Å². The fourth-order valence-corrected chi connectivity index (χ4v) is 3.58. The van der Waals surface area contributed by atoms with Crippen LogP contribution >= 0.6 is 0 Å². The SMILES string of the molecule is CN=C(NCc1ccc(OC)nc1)N1CCCC2(CNC(=O)C2)C1. The molecule has 1 aromatic rings. The number of nitrogens with zero attached hydrogens (tertiary/aromatic N) is 3. The first-order valence-corrected chi connectivity index (χ1v) is 8.35. The van der Waals surface area contributed by atoms with Crippen LogP contribution < -0.4 is 15.4 Å². The van der Waals surface area contributed by atoms with Gasteiger partial charge in [-0.2, -0.15) is 0 Å². The van der Waals surface area contributed by atoms with Crippen LogP contribution in [0, 0.1) is 5.41 Å². The van der Waals surface area contributed by atoms with Crippen LogP contribution in [-0.4, -0.2) is 55.5 Å². The molecule has 7 heteroatoms. The molecule has 2 aliphatic rings. The summed E-state index contributed by atoms with van der Waals surface area (Å²) in [6, 6.07) is 3.84. The van der Waals surface area contributed by atoms with E-state index in [2.05, 4.69) is 25.5 Å². The maximum Gasteiger partial charge on any atom is 0.220 e. The Labute approximate surface area is 142 Å². The lowest BCUT2D eigenvalue weighted by molar-refractivity contribution is -0.119. The third-order valence-corrected chi connectivity index (χ3v) is 4.83. The zero-order valence-electron chi connectivity index (χ0n) is 14.3. The number of carbonyl (C=O) groups is 1. The molecule has 130 valence electrons. The van der Waals surface area contributed by atoms with Gasteiger partial charge in [0.2, 0.25) is 11.8 Å². The number of hydrogen-bond donors (Lipinski definition) is 2. The van der Waals surface area contributed by atoms with E-state index in [1.807, 2.05) is 12.1 Å². The van der Waals surface area contributed by atoms with Gasteiger partial charge in [0, 0.05) is 57.3 Å². The van der Waals surface area contributed by atoms with Gasteiger partial charge in [-0.05, 0) is 18.4 Å². The maximum atomic E-state index is 11.6. The number of aliphatic imine (C=N–C) groups is 1. The monoisotopic (exact) mass is 331 g/mol. The number of guanidine groups is 1. The Morgan fingerprint density at radius 2 is 2.42 bits per heavy atom. The summed E-state index contributed by atoms with van der Waals surface area (Å²) in [5.74, 6) is 1.66. The fourth-order valence-electron chi connectivity index (χ4n) is 3.58. The molecule has 3 rings (SSSR count). The summed E-state index contributed by atoms with van der Waals surface area (Å²) >= 11 is 0. The molecule has 0 radical (unpaired) electrons. The molecule has 2 N–H and O–H groups in total. The average molecular weight is 331 g/mol. The van der Waals surface area contributed by atoms with Gasteiger partial charge in [-0.3, -0.25) is 9.79 Å². The fraction of sp³-hybridized carbons (Fsp3) is 0.588. The van der Waals surface area contributed by atoms with Crippen molar-refractivity contribution in [2.24, 2.45) is 10.4 Å². The predicted octanol–water partition coefficient (Wildman–Crippen LogP) is 0.768. The molecule has 0 saturated carbocycles. The number of carbonyl (C=O) groups excluding carboxylic acids is 1. The van der Waals surface area contributed by atoms with Crippen LogP contribution in [0.2, 0.25) is 0 Å². The molecule has 24 heavy (non-hydrogen) atoms. The van der Waals surface area contributed by atoms with Gasteiger partial charge in [0.1, 0.15) is 0 Å². The number of nitrogens with one attached hydrogen (secondary N) is 2. The van der Waals surface area contributed by atoms with Gasteiger partial charge in [0.15, 0.2) is 5.96 Å². The highest BCUT2D eigenvalue weighted by atomic mass is 16.5. The van der Waals surface area contributed by atoms with E-state index in [9.17, 15) is 4.79 Å². The molecular formula is C17H25N5O2. The number of methoxy groups -OCH3 is 1. The second kappa shape index (κ2) is 7.07. The second-order valence-electron chi connectivity index (χ2n) is 6.59. The quantitative estimate of drug-likeness (QED) is 0.632. The van der Waals surface area contributed by atoms with Crippen LogP contribution in [0.5, 0.6) is 5.88 Å². The average Bonchev–Trinajstić information content (AvgIpc) is 2.96. The number of amides is 1. The summed E-state index contributed by atoms with van der Waals surface area (Å²) in [5, 5.41) is 6.38. The number of rotatable bonds is 3. The molecule has 7 nitrogen and oxygen atoms in total. The summed E-state index contributed by atoms with van der Waals surface area (Å²) in [6.07, 6.45) is 4.61. The number of piperidine rings is 1. The van der Waals surface area contributed by atoms with Gasteiger partial charge in [-0.1, -0.05) is 6.07 Å². The Hall–Kier alpha value is -2.31.